The van der Waals surface area contributed by atoms with Gasteiger partial charge in [-0.15, -0.1) is 0 Å². The Morgan fingerprint density at radius 3 is 2.65 bits per heavy atom. The van der Waals surface area contributed by atoms with Gasteiger partial charge in [-0.3, -0.25) is 4.79 Å². The van der Waals surface area contributed by atoms with Crippen molar-refractivity contribution in [3.8, 4) is 0 Å². The second-order valence-corrected chi connectivity index (χ2v) is 4.72. The second-order valence-electron chi connectivity index (χ2n) is 4.72. The molecule has 3 unspecified atom stereocenters. The monoisotopic (exact) mass is 251 g/mol. The van der Waals surface area contributed by atoms with Crippen molar-refractivity contribution < 1.29 is 23.8 Å². The molecule has 1 aliphatic rings. The van der Waals surface area contributed by atoms with Gasteiger partial charge >= 0.3 is 5.97 Å². The number of aliphatic hydroxyl groups is 1. The summed E-state index contributed by atoms with van der Waals surface area (Å²) in [5, 5.41) is 17.8. The topological polar surface area (TPSA) is 83.6 Å². The molecular formula is C11H19F2NO3. The predicted octanol–water partition coefficient (Wildman–Crippen LogP) is 1.36. The molecule has 1 aliphatic carbocycles. The van der Waals surface area contributed by atoms with E-state index < -0.39 is 24.0 Å². The number of hydrogen-bond acceptors (Lipinski definition) is 3. The first-order valence-electron chi connectivity index (χ1n) is 5.88. The van der Waals surface area contributed by atoms with Gasteiger partial charge in [0.05, 0.1) is 0 Å². The van der Waals surface area contributed by atoms with Crippen LogP contribution in [0.15, 0.2) is 0 Å². The van der Waals surface area contributed by atoms with Crippen LogP contribution in [0.3, 0.4) is 0 Å². The fourth-order valence-corrected chi connectivity index (χ4v) is 2.28. The molecule has 0 radical (unpaired) electrons. The summed E-state index contributed by atoms with van der Waals surface area (Å²) in [6.07, 6.45) is 0.0146. The van der Waals surface area contributed by atoms with Gasteiger partial charge < -0.3 is 15.9 Å². The highest BCUT2D eigenvalue weighted by Crippen LogP contribution is 2.37. The molecule has 0 aliphatic heterocycles. The lowest BCUT2D eigenvalue weighted by atomic mass is 9.78. The van der Waals surface area contributed by atoms with Crippen molar-refractivity contribution in [3.63, 3.8) is 0 Å². The van der Waals surface area contributed by atoms with Gasteiger partial charge in [-0.1, -0.05) is 6.42 Å². The van der Waals surface area contributed by atoms with Gasteiger partial charge in [0.1, 0.15) is 6.10 Å². The smallest absolute Gasteiger partial charge is 0.303 e. The summed E-state index contributed by atoms with van der Waals surface area (Å²) in [6.45, 7) is 0. The van der Waals surface area contributed by atoms with Crippen molar-refractivity contribution in [1.82, 2.24) is 0 Å². The summed E-state index contributed by atoms with van der Waals surface area (Å²) in [7, 11) is 0. The zero-order chi connectivity index (χ0) is 13.1. The Labute approximate surface area is 98.8 Å². The van der Waals surface area contributed by atoms with E-state index >= 15 is 0 Å². The van der Waals surface area contributed by atoms with Crippen molar-refractivity contribution >= 4 is 5.97 Å². The molecular weight excluding hydrogens is 232 g/mol. The molecule has 0 aromatic heterocycles. The minimum Gasteiger partial charge on any atom is -0.481 e. The van der Waals surface area contributed by atoms with Gasteiger partial charge in [0.15, 0.2) is 0 Å². The van der Waals surface area contributed by atoms with Crippen LogP contribution in [0.1, 0.15) is 38.5 Å². The minimum absolute atomic E-state index is 0.0840. The van der Waals surface area contributed by atoms with Crippen LogP contribution in [0, 0.1) is 5.92 Å². The Hall–Kier alpha value is -0.750. The van der Waals surface area contributed by atoms with E-state index in [1.165, 1.54) is 0 Å². The molecule has 0 heterocycles. The van der Waals surface area contributed by atoms with Crippen molar-refractivity contribution in [2.45, 2.75) is 56.6 Å². The van der Waals surface area contributed by atoms with E-state index in [9.17, 15) is 18.7 Å². The van der Waals surface area contributed by atoms with Crippen LogP contribution >= 0.6 is 0 Å². The van der Waals surface area contributed by atoms with E-state index in [1.807, 2.05) is 0 Å². The third kappa shape index (κ3) is 3.89. The third-order valence-corrected chi connectivity index (χ3v) is 3.41. The summed E-state index contributed by atoms with van der Waals surface area (Å²) in [5.41, 5.74) is 5.59. The highest BCUT2D eigenvalue weighted by atomic mass is 19.3. The van der Waals surface area contributed by atoms with Crippen molar-refractivity contribution in [2.24, 2.45) is 11.7 Å². The maximum atomic E-state index is 13.1. The van der Waals surface area contributed by atoms with Crippen LogP contribution in [0.5, 0.6) is 0 Å². The first-order chi connectivity index (χ1) is 7.84. The molecule has 4 N–H and O–H groups in total. The number of carboxylic acid groups (broad SMARTS) is 1. The number of nitrogens with two attached hydrogens (primary N) is 1. The third-order valence-electron chi connectivity index (χ3n) is 3.41. The SMILES string of the molecule is NC1C(CCCCC(=O)O)CCC(F)(F)C1O. The van der Waals surface area contributed by atoms with E-state index in [2.05, 4.69) is 0 Å². The van der Waals surface area contributed by atoms with Crippen molar-refractivity contribution in [3.05, 3.63) is 0 Å². The molecule has 1 saturated carbocycles. The second kappa shape index (κ2) is 5.73. The number of alkyl halides is 2. The van der Waals surface area contributed by atoms with Crippen molar-refractivity contribution in [1.29, 1.82) is 0 Å². The number of halogens is 2. The van der Waals surface area contributed by atoms with E-state index in [-0.39, 0.29) is 25.2 Å². The van der Waals surface area contributed by atoms with E-state index in [1.54, 1.807) is 0 Å². The Balaban J connectivity index is 2.33. The standard InChI is InChI=1S/C11H19F2NO3/c12-11(13)6-5-7(9(14)10(11)17)3-1-2-4-8(15)16/h7,9-10,17H,1-6,14H2,(H,15,16). The molecule has 1 rings (SSSR count). The first-order valence-corrected chi connectivity index (χ1v) is 5.88. The largest absolute Gasteiger partial charge is 0.481 e. The van der Waals surface area contributed by atoms with Crippen LogP contribution in [0.25, 0.3) is 0 Å². The molecule has 100 valence electrons. The van der Waals surface area contributed by atoms with Gasteiger partial charge in [-0.2, -0.15) is 0 Å². The summed E-state index contributed by atoms with van der Waals surface area (Å²) >= 11 is 0. The Kier molecular flexibility index (Phi) is 4.82. The zero-order valence-corrected chi connectivity index (χ0v) is 9.61. The number of hydrogen-bond donors (Lipinski definition) is 3. The molecule has 1 fully saturated rings. The highest BCUT2D eigenvalue weighted by Gasteiger charge is 2.48. The van der Waals surface area contributed by atoms with Gasteiger partial charge in [-0.05, 0) is 25.2 Å². The van der Waals surface area contributed by atoms with Crippen LogP contribution in [0.4, 0.5) is 8.78 Å². The number of carbonyl (C=O) groups is 1. The lowest BCUT2D eigenvalue weighted by molar-refractivity contribution is -0.151. The summed E-state index contributed by atoms with van der Waals surface area (Å²) in [4.78, 5) is 10.3. The summed E-state index contributed by atoms with van der Waals surface area (Å²) in [5.74, 6) is -4.08. The maximum absolute atomic E-state index is 13.1. The highest BCUT2D eigenvalue weighted by molar-refractivity contribution is 5.66. The fraction of sp³-hybridized carbons (Fsp3) is 0.909. The molecule has 0 aromatic rings. The zero-order valence-electron chi connectivity index (χ0n) is 9.61. The predicted molar refractivity (Wildman–Crippen MR) is 57.8 cm³/mol. The molecule has 6 heteroatoms. The molecule has 3 atom stereocenters. The first kappa shape index (κ1) is 14.3. The lowest BCUT2D eigenvalue weighted by Crippen LogP contribution is -2.54. The molecule has 0 aromatic carbocycles. The molecule has 0 bridgehead atoms. The van der Waals surface area contributed by atoms with Gasteiger partial charge in [0.2, 0.25) is 0 Å². The van der Waals surface area contributed by atoms with Crippen molar-refractivity contribution in [2.75, 3.05) is 0 Å². The van der Waals surface area contributed by atoms with Crippen LogP contribution < -0.4 is 5.73 Å². The average Bonchev–Trinajstić information content (AvgIpc) is 2.24. The quantitative estimate of drug-likeness (QED) is 0.644. The Bertz CT molecular complexity index is 273. The Morgan fingerprint density at radius 1 is 1.41 bits per heavy atom. The summed E-state index contributed by atoms with van der Waals surface area (Å²) < 4.78 is 26.2. The summed E-state index contributed by atoms with van der Waals surface area (Å²) in [6, 6.07) is -0.913. The molecule has 0 saturated heterocycles. The molecule has 17 heavy (non-hydrogen) atoms. The number of carboxylic acids is 1. The lowest BCUT2D eigenvalue weighted by Gasteiger charge is -2.38. The average molecular weight is 251 g/mol. The van der Waals surface area contributed by atoms with E-state index in [4.69, 9.17) is 10.8 Å². The molecule has 0 spiro atoms. The van der Waals surface area contributed by atoms with Crippen LogP contribution in [-0.4, -0.2) is 34.3 Å². The van der Waals surface area contributed by atoms with Gasteiger partial charge in [0.25, 0.3) is 5.92 Å². The number of aliphatic hydroxyl groups excluding tert-OH is 1. The van der Waals surface area contributed by atoms with E-state index in [0.717, 1.165) is 0 Å². The molecule has 0 amide bonds. The Morgan fingerprint density at radius 2 is 2.06 bits per heavy atom. The number of aliphatic carboxylic acids is 1. The van der Waals surface area contributed by atoms with Crippen LogP contribution in [0.2, 0.25) is 0 Å². The normalized spacial score (nSPS) is 32.4. The minimum atomic E-state index is -3.09. The van der Waals surface area contributed by atoms with Crippen LogP contribution in [-0.2, 0) is 4.79 Å². The van der Waals surface area contributed by atoms with Gasteiger partial charge in [0, 0.05) is 18.9 Å². The maximum Gasteiger partial charge on any atom is 0.303 e. The van der Waals surface area contributed by atoms with Gasteiger partial charge in [-0.25, -0.2) is 8.78 Å². The molecule has 4 nitrogen and oxygen atoms in total. The fourth-order valence-electron chi connectivity index (χ4n) is 2.28. The number of rotatable bonds is 5. The number of unbranched alkanes of at least 4 members (excludes halogenated alkanes) is 1. The van der Waals surface area contributed by atoms with E-state index in [0.29, 0.717) is 19.3 Å².